The fourth-order valence-electron chi connectivity index (χ4n) is 1.81. The molecule has 6 heteroatoms. The molecule has 0 aromatic heterocycles. The summed E-state index contributed by atoms with van der Waals surface area (Å²) in [5, 5.41) is 9.82. The molecule has 0 saturated carbocycles. The van der Waals surface area contributed by atoms with E-state index >= 15 is 0 Å². The molecule has 0 amide bonds. The van der Waals surface area contributed by atoms with Gasteiger partial charge < -0.3 is 9.84 Å². The molecule has 0 saturated heterocycles. The van der Waals surface area contributed by atoms with Crippen molar-refractivity contribution in [3.63, 3.8) is 0 Å². The quantitative estimate of drug-likeness (QED) is 0.852. The highest BCUT2D eigenvalue weighted by atomic mass is 32.2. The van der Waals surface area contributed by atoms with Gasteiger partial charge in [-0.25, -0.2) is 8.42 Å². The summed E-state index contributed by atoms with van der Waals surface area (Å²) in [6, 6.07) is 9.24. The van der Waals surface area contributed by atoms with Crippen LogP contribution in [0.1, 0.15) is 11.1 Å². The summed E-state index contributed by atoms with van der Waals surface area (Å²) in [5.74, 6) is 0.253. The Kier molecular flexibility index (Phi) is 4.09. The van der Waals surface area contributed by atoms with E-state index in [0.29, 0.717) is 5.75 Å². The third-order valence-corrected chi connectivity index (χ3v) is 4.60. The molecule has 2 aromatic carbocycles. The second-order valence-corrected chi connectivity index (χ2v) is 6.42. The first-order valence-electron chi connectivity index (χ1n) is 6.30. The number of hydrogen-bond acceptors (Lipinski definition) is 4. The van der Waals surface area contributed by atoms with Crippen LogP contribution in [0.5, 0.6) is 11.5 Å². The maximum atomic E-state index is 12.3. The van der Waals surface area contributed by atoms with Crippen molar-refractivity contribution in [2.45, 2.75) is 18.7 Å². The van der Waals surface area contributed by atoms with E-state index in [1.807, 2.05) is 13.8 Å². The van der Waals surface area contributed by atoms with Crippen LogP contribution >= 0.6 is 0 Å². The van der Waals surface area contributed by atoms with Gasteiger partial charge in [-0.3, -0.25) is 4.72 Å². The van der Waals surface area contributed by atoms with Crippen molar-refractivity contribution in [1.29, 1.82) is 0 Å². The van der Waals surface area contributed by atoms with Crippen molar-refractivity contribution in [2.75, 3.05) is 11.8 Å². The van der Waals surface area contributed by atoms with Crippen molar-refractivity contribution in [1.82, 2.24) is 0 Å². The average Bonchev–Trinajstić information content (AvgIpc) is 2.43. The van der Waals surface area contributed by atoms with Gasteiger partial charge in [0, 0.05) is 6.07 Å². The van der Waals surface area contributed by atoms with E-state index in [9.17, 15) is 13.5 Å². The Morgan fingerprint density at radius 1 is 1.05 bits per heavy atom. The minimum atomic E-state index is -3.75. The maximum Gasteiger partial charge on any atom is 0.262 e. The van der Waals surface area contributed by atoms with Gasteiger partial charge in [-0.1, -0.05) is 6.07 Å². The molecule has 0 aliphatic rings. The molecular weight excluding hydrogens is 290 g/mol. The fourth-order valence-corrected chi connectivity index (χ4v) is 2.97. The molecular formula is C15H17NO4S. The van der Waals surface area contributed by atoms with E-state index in [1.54, 1.807) is 18.2 Å². The molecule has 112 valence electrons. The number of aryl methyl sites for hydroxylation is 2. The third kappa shape index (κ3) is 3.28. The van der Waals surface area contributed by atoms with Crippen LogP contribution in [0, 0.1) is 13.8 Å². The summed E-state index contributed by atoms with van der Waals surface area (Å²) < 4.78 is 32.0. The second-order valence-electron chi connectivity index (χ2n) is 4.73. The van der Waals surface area contributed by atoms with E-state index in [-0.39, 0.29) is 16.3 Å². The van der Waals surface area contributed by atoms with E-state index in [1.165, 1.54) is 25.3 Å². The number of benzene rings is 2. The number of rotatable bonds is 4. The first-order valence-corrected chi connectivity index (χ1v) is 7.79. The smallest absolute Gasteiger partial charge is 0.262 e. The highest BCUT2D eigenvalue weighted by molar-refractivity contribution is 7.92. The molecule has 0 radical (unpaired) electrons. The van der Waals surface area contributed by atoms with Crippen LogP contribution in [0.2, 0.25) is 0 Å². The van der Waals surface area contributed by atoms with Gasteiger partial charge in [0.05, 0.1) is 17.7 Å². The van der Waals surface area contributed by atoms with Gasteiger partial charge in [-0.05, 0) is 49.2 Å². The molecule has 5 nitrogen and oxygen atoms in total. The average molecular weight is 307 g/mol. The van der Waals surface area contributed by atoms with E-state index < -0.39 is 10.0 Å². The lowest BCUT2D eigenvalue weighted by Gasteiger charge is -2.11. The number of nitrogens with one attached hydrogen (secondary N) is 1. The zero-order chi connectivity index (χ0) is 15.6. The number of ether oxygens (including phenoxy) is 1. The SMILES string of the molecule is COc1ccc(NS(=O)(=O)c2ccc(C)c(C)c2)c(O)c1. The molecule has 2 aromatic rings. The summed E-state index contributed by atoms with van der Waals surface area (Å²) in [6.07, 6.45) is 0. The minimum Gasteiger partial charge on any atom is -0.506 e. The molecule has 0 heterocycles. The number of phenolic OH excluding ortho intramolecular Hbond substituents is 1. The number of phenols is 1. The number of methoxy groups -OCH3 is 1. The highest BCUT2D eigenvalue weighted by Crippen LogP contribution is 2.30. The first kappa shape index (κ1) is 15.2. The van der Waals surface area contributed by atoms with Crippen LogP contribution in [-0.2, 0) is 10.0 Å². The van der Waals surface area contributed by atoms with Crippen LogP contribution < -0.4 is 9.46 Å². The number of sulfonamides is 1. The molecule has 0 unspecified atom stereocenters. The van der Waals surface area contributed by atoms with Crippen LogP contribution in [0.4, 0.5) is 5.69 Å². The summed E-state index contributed by atoms with van der Waals surface area (Å²) >= 11 is 0. The molecule has 0 aliphatic carbocycles. The van der Waals surface area contributed by atoms with Crippen molar-refractivity contribution in [3.8, 4) is 11.5 Å². The van der Waals surface area contributed by atoms with Gasteiger partial charge in [-0.2, -0.15) is 0 Å². The van der Waals surface area contributed by atoms with Crippen LogP contribution in [0.3, 0.4) is 0 Å². The Bertz CT molecular complexity index is 769. The lowest BCUT2D eigenvalue weighted by atomic mass is 10.1. The summed E-state index contributed by atoms with van der Waals surface area (Å²) in [5.41, 5.74) is 2.01. The van der Waals surface area contributed by atoms with Gasteiger partial charge in [0.25, 0.3) is 10.0 Å². The Labute approximate surface area is 124 Å². The molecule has 21 heavy (non-hydrogen) atoms. The van der Waals surface area contributed by atoms with E-state index in [2.05, 4.69) is 4.72 Å². The number of aromatic hydroxyl groups is 1. The molecule has 0 fully saturated rings. The van der Waals surface area contributed by atoms with Crippen molar-refractivity contribution < 1.29 is 18.3 Å². The molecule has 2 rings (SSSR count). The number of hydrogen-bond donors (Lipinski definition) is 2. The highest BCUT2D eigenvalue weighted by Gasteiger charge is 2.17. The standard InChI is InChI=1S/C15H17NO4S/c1-10-4-6-13(8-11(10)2)21(18,19)16-14-7-5-12(20-3)9-15(14)17/h4-9,16-17H,1-3H3. The molecule has 0 atom stereocenters. The Morgan fingerprint density at radius 3 is 2.33 bits per heavy atom. The monoisotopic (exact) mass is 307 g/mol. The predicted molar refractivity (Wildman–Crippen MR) is 81.4 cm³/mol. The topological polar surface area (TPSA) is 75.6 Å². The Morgan fingerprint density at radius 2 is 1.76 bits per heavy atom. The normalized spacial score (nSPS) is 11.2. The lowest BCUT2D eigenvalue weighted by molar-refractivity contribution is 0.408. The predicted octanol–water partition coefficient (Wildman–Crippen LogP) is 2.82. The maximum absolute atomic E-state index is 12.3. The Balaban J connectivity index is 2.35. The summed E-state index contributed by atoms with van der Waals surface area (Å²) in [7, 11) is -2.28. The van der Waals surface area contributed by atoms with Gasteiger partial charge in [-0.15, -0.1) is 0 Å². The molecule has 0 bridgehead atoms. The van der Waals surface area contributed by atoms with Crippen molar-refractivity contribution in [3.05, 3.63) is 47.5 Å². The fraction of sp³-hybridized carbons (Fsp3) is 0.200. The zero-order valence-corrected chi connectivity index (χ0v) is 12.9. The van der Waals surface area contributed by atoms with Crippen LogP contribution in [0.15, 0.2) is 41.3 Å². The second kappa shape index (κ2) is 5.65. The first-order chi connectivity index (χ1) is 9.83. The number of anilines is 1. The molecule has 2 N–H and O–H groups in total. The van der Waals surface area contributed by atoms with Gasteiger partial charge >= 0.3 is 0 Å². The van der Waals surface area contributed by atoms with E-state index in [0.717, 1.165) is 11.1 Å². The van der Waals surface area contributed by atoms with E-state index in [4.69, 9.17) is 4.74 Å². The van der Waals surface area contributed by atoms with Crippen LogP contribution in [0.25, 0.3) is 0 Å². The van der Waals surface area contributed by atoms with Gasteiger partial charge in [0.15, 0.2) is 0 Å². The van der Waals surface area contributed by atoms with Crippen molar-refractivity contribution >= 4 is 15.7 Å². The zero-order valence-electron chi connectivity index (χ0n) is 12.0. The summed E-state index contributed by atoms with van der Waals surface area (Å²) in [6.45, 7) is 3.76. The minimum absolute atomic E-state index is 0.106. The summed E-state index contributed by atoms with van der Waals surface area (Å²) in [4.78, 5) is 0.154. The largest absolute Gasteiger partial charge is 0.506 e. The molecule has 0 aliphatic heterocycles. The lowest BCUT2D eigenvalue weighted by Crippen LogP contribution is -2.13. The van der Waals surface area contributed by atoms with Crippen molar-refractivity contribution in [2.24, 2.45) is 0 Å². The van der Waals surface area contributed by atoms with Crippen LogP contribution in [-0.4, -0.2) is 20.6 Å². The molecule has 0 spiro atoms. The van der Waals surface area contributed by atoms with Gasteiger partial charge in [0.2, 0.25) is 0 Å². The Hall–Kier alpha value is -2.21. The van der Waals surface area contributed by atoms with Gasteiger partial charge in [0.1, 0.15) is 11.5 Å². The third-order valence-electron chi connectivity index (χ3n) is 3.24.